The predicted molar refractivity (Wildman–Crippen MR) is 72.4 cm³/mol. The molecule has 2 rings (SSSR count). The van der Waals surface area contributed by atoms with Gasteiger partial charge in [-0.1, -0.05) is 25.1 Å². The van der Waals surface area contributed by atoms with Crippen LogP contribution in [0.4, 0.5) is 0 Å². The van der Waals surface area contributed by atoms with E-state index >= 15 is 0 Å². The normalized spacial score (nSPS) is 12.6. The smallest absolute Gasteiger partial charge is 0.233 e. The van der Waals surface area contributed by atoms with Crippen LogP contribution >= 0.6 is 11.8 Å². The van der Waals surface area contributed by atoms with Crippen molar-refractivity contribution in [2.24, 2.45) is 0 Å². The number of rotatable bonds is 6. The molecule has 1 heterocycles. The standard InChI is InChI=1S/C13H17N3OS/c1-3-14-10(2)13-16-15-12(17-13)9-18-11-7-5-4-6-8-11/h4-8,10,14H,3,9H2,1-2H3. The van der Waals surface area contributed by atoms with Crippen LogP contribution in [0.25, 0.3) is 0 Å². The van der Waals surface area contributed by atoms with Gasteiger partial charge in [-0.15, -0.1) is 22.0 Å². The van der Waals surface area contributed by atoms with E-state index in [9.17, 15) is 0 Å². The van der Waals surface area contributed by atoms with Crippen LogP contribution in [0.5, 0.6) is 0 Å². The van der Waals surface area contributed by atoms with Crippen LogP contribution in [0.2, 0.25) is 0 Å². The van der Waals surface area contributed by atoms with Crippen LogP contribution in [-0.2, 0) is 5.75 Å². The molecule has 0 aliphatic rings. The van der Waals surface area contributed by atoms with E-state index in [1.807, 2.05) is 25.1 Å². The summed E-state index contributed by atoms with van der Waals surface area (Å²) in [5.74, 6) is 2.03. The zero-order chi connectivity index (χ0) is 12.8. The molecule has 1 aromatic carbocycles. The topological polar surface area (TPSA) is 51.0 Å². The molecule has 5 heteroatoms. The average molecular weight is 263 g/mol. The fourth-order valence-electron chi connectivity index (χ4n) is 1.56. The molecule has 0 fully saturated rings. The first kappa shape index (κ1) is 13.1. The quantitative estimate of drug-likeness (QED) is 0.812. The number of nitrogens with zero attached hydrogens (tertiary/aromatic N) is 2. The van der Waals surface area contributed by atoms with Gasteiger partial charge in [0.15, 0.2) is 0 Å². The summed E-state index contributed by atoms with van der Waals surface area (Å²) < 4.78 is 5.61. The molecule has 0 radical (unpaired) electrons. The molecule has 1 N–H and O–H groups in total. The Morgan fingerprint density at radius 3 is 2.78 bits per heavy atom. The van der Waals surface area contributed by atoms with E-state index in [4.69, 9.17) is 4.42 Å². The summed E-state index contributed by atoms with van der Waals surface area (Å²) in [4.78, 5) is 1.21. The van der Waals surface area contributed by atoms with Crippen LogP contribution in [0.15, 0.2) is 39.6 Å². The lowest BCUT2D eigenvalue weighted by Crippen LogP contribution is -2.17. The monoisotopic (exact) mass is 263 g/mol. The maximum absolute atomic E-state index is 5.61. The second kappa shape index (κ2) is 6.56. The van der Waals surface area contributed by atoms with Crippen LogP contribution in [0.3, 0.4) is 0 Å². The van der Waals surface area contributed by atoms with E-state index in [-0.39, 0.29) is 6.04 Å². The Bertz CT molecular complexity index is 472. The number of hydrogen-bond donors (Lipinski definition) is 1. The molecule has 0 bridgehead atoms. The van der Waals surface area contributed by atoms with Crippen LogP contribution < -0.4 is 5.32 Å². The lowest BCUT2D eigenvalue weighted by atomic mass is 10.3. The summed E-state index contributed by atoms with van der Waals surface area (Å²) in [5.41, 5.74) is 0. The number of hydrogen-bond acceptors (Lipinski definition) is 5. The average Bonchev–Trinajstić information content (AvgIpc) is 2.87. The molecule has 4 nitrogen and oxygen atoms in total. The highest BCUT2D eigenvalue weighted by Gasteiger charge is 2.12. The second-order valence-electron chi connectivity index (χ2n) is 3.92. The van der Waals surface area contributed by atoms with Gasteiger partial charge in [-0.2, -0.15) is 0 Å². The minimum Gasteiger partial charge on any atom is -0.423 e. The number of aromatic nitrogens is 2. The molecule has 0 amide bonds. The Kier molecular flexibility index (Phi) is 4.78. The Hall–Kier alpha value is -1.33. The van der Waals surface area contributed by atoms with Gasteiger partial charge in [-0.05, 0) is 25.6 Å². The summed E-state index contributed by atoms with van der Waals surface area (Å²) in [6, 6.07) is 10.3. The summed E-state index contributed by atoms with van der Waals surface area (Å²) in [6.45, 7) is 4.96. The zero-order valence-corrected chi connectivity index (χ0v) is 11.4. The molecule has 1 aromatic heterocycles. The maximum atomic E-state index is 5.61. The van der Waals surface area contributed by atoms with Gasteiger partial charge in [0.25, 0.3) is 0 Å². The zero-order valence-electron chi connectivity index (χ0n) is 10.6. The predicted octanol–water partition coefficient (Wildman–Crippen LogP) is 3.03. The van der Waals surface area contributed by atoms with Crippen LogP contribution in [-0.4, -0.2) is 16.7 Å². The van der Waals surface area contributed by atoms with Crippen molar-refractivity contribution in [3.8, 4) is 0 Å². The summed E-state index contributed by atoms with van der Waals surface area (Å²) in [5, 5.41) is 11.4. The first-order valence-electron chi connectivity index (χ1n) is 6.03. The van der Waals surface area contributed by atoms with Gasteiger partial charge in [-0.3, -0.25) is 0 Å². The van der Waals surface area contributed by atoms with Gasteiger partial charge < -0.3 is 9.73 Å². The second-order valence-corrected chi connectivity index (χ2v) is 4.96. The molecule has 0 saturated heterocycles. The molecular weight excluding hydrogens is 246 g/mol. The Morgan fingerprint density at radius 2 is 2.06 bits per heavy atom. The Morgan fingerprint density at radius 1 is 1.28 bits per heavy atom. The largest absolute Gasteiger partial charge is 0.423 e. The molecule has 0 aliphatic carbocycles. The summed E-state index contributed by atoms with van der Waals surface area (Å²) in [7, 11) is 0. The third kappa shape index (κ3) is 3.58. The van der Waals surface area contributed by atoms with Crippen molar-refractivity contribution in [3.63, 3.8) is 0 Å². The fourth-order valence-corrected chi connectivity index (χ4v) is 2.31. The molecule has 0 aliphatic heterocycles. The Balaban J connectivity index is 1.91. The van der Waals surface area contributed by atoms with Gasteiger partial charge >= 0.3 is 0 Å². The van der Waals surface area contributed by atoms with Gasteiger partial charge in [0.1, 0.15) is 0 Å². The van der Waals surface area contributed by atoms with Crippen molar-refractivity contribution in [2.75, 3.05) is 6.54 Å². The highest BCUT2D eigenvalue weighted by molar-refractivity contribution is 7.98. The van der Waals surface area contributed by atoms with Gasteiger partial charge in [0, 0.05) is 4.90 Å². The van der Waals surface area contributed by atoms with E-state index in [0.29, 0.717) is 17.5 Å². The molecule has 1 unspecified atom stereocenters. The van der Waals surface area contributed by atoms with Crippen molar-refractivity contribution in [3.05, 3.63) is 42.1 Å². The van der Waals surface area contributed by atoms with E-state index in [1.54, 1.807) is 11.8 Å². The van der Waals surface area contributed by atoms with E-state index in [2.05, 4.69) is 34.6 Å². The third-order valence-corrected chi connectivity index (χ3v) is 3.47. The minimum absolute atomic E-state index is 0.109. The summed E-state index contributed by atoms with van der Waals surface area (Å²) in [6.07, 6.45) is 0. The minimum atomic E-state index is 0.109. The van der Waals surface area contributed by atoms with Crippen molar-refractivity contribution >= 4 is 11.8 Å². The lowest BCUT2D eigenvalue weighted by Gasteiger charge is -2.05. The molecule has 0 saturated carbocycles. The molecular formula is C13H17N3OS. The van der Waals surface area contributed by atoms with Crippen molar-refractivity contribution in [2.45, 2.75) is 30.5 Å². The molecule has 2 aromatic rings. The van der Waals surface area contributed by atoms with Gasteiger partial charge in [0.05, 0.1) is 11.8 Å². The first-order valence-corrected chi connectivity index (χ1v) is 7.01. The highest BCUT2D eigenvalue weighted by Crippen LogP contribution is 2.22. The third-order valence-electron chi connectivity index (χ3n) is 2.47. The molecule has 1 atom stereocenters. The van der Waals surface area contributed by atoms with Crippen LogP contribution in [0, 0.1) is 0 Å². The van der Waals surface area contributed by atoms with E-state index in [1.165, 1.54) is 4.90 Å². The van der Waals surface area contributed by atoms with E-state index in [0.717, 1.165) is 6.54 Å². The summed E-state index contributed by atoms with van der Waals surface area (Å²) >= 11 is 1.70. The number of thioether (sulfide) groups is 1. The highest BCUT2D eigenvalue weighted by atomic mass is 32.2. The van der Waals surface area contributed by atoms with E-state index < -0.39 is 0 Å². The van der Waals surface area contributed by atoms with Crippen LogP contribution in [0.1, 0.15) is 31.7 Å². The molecule has 96 valence electrons. The van der Waals surface area contributed by atoms with Crippen molar-refractivity contribution in [1.82, 2.24) is 15.5 Å². The number of benzene rings is 1. The fraction of sp³-hybridized carbons (Fsp3) is 0.385. The van der Waals surface area contributed by atoms with Crippen molar-refractivity contribution in [1.29, 1.82) is 0 Å². The molecule has 0 spiro atoms. The lowest BCUT2D eigenvalue weighted by molar-refractivity contribution is 0.405. The molecule has 18 heavy (non-hydrogen) atoms. The van der Waals surface area contributed by atoms with Crippen molar-refractivity contribution < 1.29 is 4.42 Å². The first-order chi connectivity index (χ1) is 8.79. The van der Waals surface area contributed by atoms with Gasteiger partial charge in [-0.25, -0.2) is 0 Å². The maximum Gasteiger partial charge on any atom is 0.233 e. The van der Waals surface area contributed by atoms with Gasteiger partial charge in [0.2, 0.25) is 11.8 Å². The Labute approximate surface area is 111 Å². The number of nitrogens with one attached hydrogen (secondary N) is 1. The SMILES string of the molecule is CCNC(C)c1nnc(CSc2ccccc2)o1.